The number of rotatable bonds is 3. The maximum absolute atomic E-state index is 12.5. The Morgan fingerprint density at radius 3 is 2.77 bits per heavy atom. The fraction of sp³-hybridized carbons (Fsp3) is 0.611. The summed E-state index contributed by atoms with van der Waals surface area (Å²) >= 11 is 0. The molecule has 2 fully saturated rings. The first-order valence-corrected chi connectivity index (χ1v) is 8.50. The molecule has 2 saturated heterocycles. The van der Waals surface area contributed by atoms with E-state index in [4.69, 9.17) is 0 Å². The Bertz CT molecular complexity index is 503. The second-order valence-electron chi connectivity index (χ2n) is 6.63. The highest BCUT2D eigenvalue weighted by Gasteiger charge is 2.28. The lowest BCUT2D eigenvalue weighted by Crippen LogP contribution is -2.51. The van der Waals surface area contributed by atoms with Crippen LogP contribution in [0.4, 0.5) is 0 Å². The summed E-state index contributed by atoms with van der Waals surface area (Å²) in [6, 6.07) is 8.71. The molecular weight excluding hydrogens is 274 g/mol. The lowest BCUT2D eigenvalue weighted by molar-refractivity contribution is -0.137. The monoisotopic (exact) mass is 301 g/mol. The van der Waals surface area contributed by atoms with Gasteiger partial charge in [-0.15, -0.1) is 0 Å². The molecule has 2 heterocycles. The number of benzene rings is 1. The lowest BCUT2D eigenvalue weighted by Gasteiger charge is -2.37. The number of carbonyl (C=O) groups excluding carboxylic acids is 1. The van der Waals surface area contributed by atoms with Gasteiger partial charge in [-0.25, -0.2) is 0 Å². The summed E-state index contributed by atoms with van der Waals surface area (Å²) in [5.41, 5.74) is 2.69. The molecule has 4 heteroatoms. The minimum atomic E-state index is 0.206. The molecule has 3 rings (SSSR count). The van der Waals surface area contributed by atoms with E-state index in [2.05, 4.69) is 46.3 Å². The number of hydrogen-bond acceptors (Lipinski definition) is 3. The Morgan fingerprint density at radius 1 is 1.27 bits per heavy atom. The second-order valence-corrected chi connectivity index (χ2v) is 6.63. The van der Waals surface area contributed by atoms with Crippen LogP contribution in [0.15, 0.2) is 24.3 Å². The van der Waals surface area contributed by atoms with E-state index in [0.29, 0.717) is 5.91 Å². The normalized spacial score (nSPS) is 23.5. The third-order valence-corrected chi connectivity index (χ3v) is 4.82. The quantitative estimate of drug-likeness (QED) is 0.922. The van der Waals surface area contributed by atoms with Crippen LogP contribution >= 0.6 is 0 Å². The summed E-state index contributed by atoms with van der Waals surface area (Å²) in [5.74, 6) is 0.569. The zero-order valence-corrected chi connectivity index (χ0v) is 13.6. The van der Waals surface area contributed by atoms with Gasteiger partial charge >= 0.3 is 0 Å². The van der Waals surface area contributed by atoms with Crippen molar-refractivity contribution in [1.29, 1.82) is 0 Å². The number of piperidine rings is 1. The molecule has 1 unspecified atom stereocenters. The molecule has 1 aromatic rings. The zero-order valence-electron chi connectivity index (χ0n) is 13.6. The van der Waals surface area contributed by atoms with Crippen LogP contribution in [0.2, 0.25) is 0 Å². The van der Waals surface area contributed by atoms with Gasteiger partial charge in [-0.1, -0.05) is 29.8 Å². The molecule has 0 spiro atoms. The average Bonchev–Trinajstić information content (AvgIpc) is 2.56. The lowest BCUT2D eigenvalue weighted by atomic mass is 9.98. The van der Waals surface area contributed by atoms with Crippen molar-refractivity contribution in [3.05, 3.63) is 35.4 Å². The number of aryl methyl sites for hydroxylation is 1. The molecule has 1 aromatic carbocycles. The van der Waals surface area contributed by atoms with Crippen LogP contribution < -0.4 is 5.32 Å². The Hall–Kier alpha value is -1.39. The molecule has 2 aliphatic rings. The summed E-state index contributed by atoms with van der Waals surface area (Å²) in [6.45, 7) is 8.78. The van der Waals surface area contributed by atoms with Crippen molar-refractivity contribution in [2.24, 2.45) is 5.92 Å². The predicted molar refractivity (Wildman–Crippen MR) is 88.6 cm³/mol. The third kappa shape index (κ3) is 3.87. The van der Waals surface area contributed by atoms with Gasteiger partial charge in [0.05, 0.1) is 5.92 Å². The fourth-order valence-electron chi connectivity index (χ4n) is 3.52. The first kappa shape index (κ1) is 15.5. The van der Waals surface area contributed by atoms with Crippen molar-refractivity contribution in [2.45, 2.75) is 26.3 Å². The molecule has 2 aliphatic heterocycles. The number of hydrogen-bond donors (Lipinski definition) is 1. The first-order valence-electron chi connectivity index (χ1n) is 8.50. The van der Waals surface area contributed by atoms with E-state index in [1.807, 2.05) is 0 Å². The summed E-state index contributed by atoms with van der Waals surface area (Å²) in [6.07, 6.45) is 2.18. The Morgan fingerprint density at radius 2 is 2.09 bits per heavy atom. The van der Waals surface area contributed by atoms with Crippen LogP contribution in [-0.4, -0.2) is 55.0 Å². The van der Waals surface area contributed by atoms with Crippen LogP contribution in [0.1, 0.15) is 24.0 Å². The van der Waals surface area contributed by atoms with Crippen LogP contribution in [-0.2, 0) is 11.3 Å². The smallest absolute Gasteiger partial charge is 0.227 e. The van der Waals surface area contributed by atoms with Gasteiger partial charge in [0, 0.05) is 39.3 Å². The van der Waals surface area contributed by atoms with Crippen LogP contribution in [0, 0.1) is 12.8 Å². The van der Waals surface area contributed by atoms with E-state index in [1.54, 1.807) is 0 Å². The highest BCUT2D eigenvalue weighted by molar-refractivity contribution is 5.79. The SMILES string of the molecule is Cc1cccc(CN2CCN(C(=O)C3CCCNC3)CC2)c1. The van der Waals surface area contributed by atoms with Gasteiger partial charge in [-0.2, -0.15) is 0 Å². The molecule has 120 valence electrons. The molecule has 1 atom stereocenters. The van der Waals surface area contributed by atoms with E-state index in [1.165, 1.54) is 11.1 Å². The Labute approximate surface area is 133 Å². The molecule has 0 bridgehead atoms. The Kier molecular flexibility index (Phi) is 5.11. The van der Waals surface area contributed by atoms with Gasteiger partial charge in [0.15, 0.2) is 0 Å². The predicted octanol–water partition coefficient (Wildman–Crippen LogP) is 1.64. The van der Waals surface area contributed by atoms with E-state index in [-0.39, 0.29) is 5.92 Å². The van der Waals surface area contributed by atoms with Gasteiger partial charge in [0.1, 0.15) is 0 Å². The minimum absolute atomic E-state index is 0.206. The first-order chi connectivity index (χ1) is 10.7. The number of piperazine rings is 1. The maximum Gasteiger partial charge on any atom is 0.227 e. The maximum atomic E-state index is 12.5. The number of nitrogens with zero attached hydrogens (tertiary/aromatic N) is 2. The molecule has 1 N–H and O–H groups in total. The molecule has 0 aliphatic carbocycles. The number of nitrogens with one attached hydrogen (secondary N) is 1. The van der Waals surface area contributed by atoms with Crippen molar-refractivity contribution in [3.8, 4) is 0 Å². The minimum Gasteiger partial charge on any atom is -0.340 e. The topological polar surface area (TPSA) is 35.6 Å². The molecular formula is C18H27N3O. The summed E-state index contributed by atoms with van der Waals surface area (Å²) in [5, 5.41) is 3.34. The molecule has 1 amide bonds. The highest BCUT2D eigenvalue weighted by Crippen LogP contribution is 2.16. The van der Waals surface area contributed by atoms with Crippen molar-refractivity contribution in [3.63, 3.8) is 0 Å². The average molecular weight is 301 g/mol. The van der Waals surface area contributed by atoms with E-state index in [0.717, 1.165) is 58.7 Å². The third-order valence-electron chi connectivity index (χ3n) is 4.82. The Balaban J connectivity index is 1.48. The number of amides is 1. The van der Waals surface area contributed by atoms with Gasteiger partial charge in [0.25, 0.3) is 0 Å². The fourth-order valence-corrected chi connectivity index (χ4v) is 3.52. The second kappa shape index (κ2) is 7.25. The van der Waals surface area contributed by atoms with Crippen molar-refractivity contribution in [2.75, 3.05) is 39.3 Å². The van der Waals surface area contributed by atoms with Crippen molar-refractivity contribution >= 4 is 5.91 Å². The highest BCUT2D eigenvalue weighted by atomic mass is 16.2. The molecule has 0 saturated carbocycles. The van der Waals surface area contributed by atoms with Crippen LogP contribution in [0.5, 0.6) is 0 Å². The summed E-state index contributed by atoms with van der Waals surface area (Å²) < 4.78 is 0. The van der Waals surface area contributed by atoms with Gasteiger partial charge in [-0.05, 0) is 31.9 Å². The van der Waals surface area contributed by atoms with E-state index < -0.39 is 0 Å². The summed E-state index contributed by atoms with van der Waals surface area (Å²) in [7, 11) is 0. The van der Waals surface area contributed by atoms with Gasteiger partial charge in [0.2, 0.25) is 5.91 Å². The number of carbonyl (C=O) groups is 1. The van der Waals surface area contributed by atoms with E-state index >= 15 is 0 Å². The standard InChI is InChI=1S/C18H27N3O/c1-15-4-2-5-16(12-15)14-20-8-10-21(11-9-20)18(22)17-6-3-7-19-13-17/h2,4-5,12,17,19H,3,6-11,13-14H2,1H3. The molecule has 0 aromatic heterocycles. The summed E-state index contributed by atoms with van der Waals surface area (Å²) in [4.78, 5) is 17.1. The van der Waals surface area contributed by atoms with Gasteiger partial charge < -0.3 is 10.2 Å². The zero-order chi connectivity index (χ0) is 15.4. The van der Waals surface area contributed by atoms with E-state index in [9.17, 15) is 4.79 Å². The van der Waals surface area contributed by atoms with Crippen molar-refractivity contribution in [1.82, 2.24) is 15.1 Å². The molecule has 22 heavy (non-hydrogen) atoms. The largest absolute Gasteiger partial charge is 0.340 e. The van der Waals surface area contributed by atoms with Crippen molar-refractivity contribution < 1.29 is 4.79 Å². The molecule has 4 nitrogen and oxygen atoms in total. The van der Waals surface area contributed by atoms with Crippen LogP contribution in [0.25, 0.3) is 0 Å². The molecule has 0 radical (unpaired) electrons. The van der Waals surface area contributed by atoms with Gasteiger partial charge in [-0.3, -0.25) is 9.69 Å². The van der Waals surface area contributed by atoms with Crippen LogP contribution in [0.3, 0.4) is 0 Å².